The second-order valence-electron chi connectivity index (χ2n) is 8.17. The highest BCUT2D eigenvalue weighted by Crippen LogP contribution is 2.41. The summed E-state index contributed by atoms with van der Waals surface area (Å²) in [5, 5.41) is 2.18. The molecular weight excluding hydrogens is 326 g/mol. The van der Waals surface area contributed by atoms with E-state index in [1.54, 1.807) is 0 Å². The van der Waals surface area contributed by atoms with Crippen molar-refractivity contribution in [2.75, 3.05) is 6.61 Å². The van der Waals surface area contributed by atoms with Gasteiger partial charge in [0.15, 0.2) is 0 Å². The number of piperidine rings is 1. The molecule has 1 aromatic rings. The fraction of sp³-hybridized carbons (Fsp3) is 0.591. The lowest BCUT2D eigenvalue weighted by Crippen LogP contribution is -2.58. The van der Waals surface area contributed by atoms with Gasteiger partial charge >= 0.3 is 5.97 Å². The van der Waals surface area contributed by atoms with Crippen LogP contribution in [0, 0.1) is 0 Å². The third-order valence-electron chi connectivity index (χ3n) is 4.97. The third kappa shape index (κ3) is 5.42. The highest BCUT2D eigenvalue weighted by atomic mass is 16.7. The summed E-state index contributed by atoms with van der Waals surface area (Å²) in [6, 6.07) is 10.2. The molecule has 0 saturated carbocycles. The fourth-order valence-electron chi connectivity index (χ4n) is 3.77. The van der Waals surface area contributed by atoms with E-state index in [-0.39, 0.29) is 23.2 Å². The number of hydrogen-bond acceptors (Lipinski definition) is 4. The predicted octanol–water partition coefficient (Wildman–Crippen LogP) is 5.21. The first-order valence-corrected chi connectivity index (χ1v) is 9.61. The maximum Gasteiger partial charge on any atom is 0.330 e. The average molecular weight is 360 g/mol. The van der Waals surface area contributed by atoms with Gasteiger partial charge in [-0.05, 0) is 65.9 Å². The van der Waals surface area contributed by atoms with Crippen LogP contribution in [0.25, 0.3) is 0 Å². The molecule has 4 nitrogen and oxygen atoms in total. The number of carbonyl (C=O) groups is 1. The van der Waals surface area contributed by atoms with Crippen molar-refractivity contribution in [1.29, 1.82) is 0 Å². The van der Waals surface area contributed by atoms with Crippen molar-refractivity contribution in [1.82, 2.24) is 5.06 Å². The summed E-state index contributed by atoms with van der Waals surface area (Å²) in [7, 11) is 0. The highest BCUT2D eigenvalue weighted by molar-refractivity contribution is 5.81. The Morgan fingerprint density at radius 3 is 2.35 bits per heavy atom. The van der Waals surface area contributed by atoms with Crippen molar-refractivity contribution >= 4 is 5.97 Å². The Balaban J connectivity index is 2.19. The van der Waals surface area contributed by atoms with E-state index < -0.39 is 0 Å². The molecule has 1 unspecified atom stereocenters. The van der Waals surface area contributed by atoms with Crippen molar-refractivity contribution in [3.05, 3.63) is 48.0 Å². The topological polar surface area (TPSA) is 38.8 Å². The molecule has 0 bridgehead atoms. The number of nitrogens with zero attached hydrogens (tertiary/aromatic N) is 1. The van der Waals surface area contributed by atoms with Crippen molar-refractivity contribution in [2.45, 2.75) is 77.5 Å². The molecule has 1 aliphatic heterocycles. The van der Waals surface area contributed by atoms with Gasteiger partial charge in [-0.15, -0.1) is 0 Å². The molecule has 1 saturated heterocycles. The summed E-state index contributed by atoms with van der Waals surface area (Å²) >= 11 is 0. The number of benzene rings is 1. The van der Waals surface area contributed by atoms with Crippen LogP contribution < -0.4 is 0 Å². The molecule has 1 heterocycles. The molecule has 0 N–H and O–H groups in total. The van der Waals surface area contributed by atoms with Gasteiger partial charge in [-0.1, -0.05) is 36.4 Å². The number of hydroxylamine groups is 2. The van der Waals surface area contributed by atoms with E-state index in [4.69, 9.17) is 9.57 Å². The standard InChI is InChI=1S/C22H33NO3/c1-6-25-20(24)15-10-14-19(18-12-8-7-9-13-18)26-23-21(2,3)16-11-17-22(23,4)5/h7-10,12-13,15,19H,6,11,14,16-17H2,1-5H3/b15-10+. The highest BCUT2D eigenvalue weighted by Gasteiger charge is 2.43. The lowest BCUT2D eigenvalue weighted by atomic mass is 9.82. The summed E-state index contributed by atoms with van der Waals surface area (Å²) in [6.07, 6.45) is 7.24. The van der Waals surface area contributed by atoms with E-state index >= 15 is 0 Å². The molecule has 0 aliphatic carbocycles. The normalized spacial score (nSPS) is 20.8. The molecule has 144 valence electrons. The van der Waals surface area contributed by atoms with Crippen molar-refractivity contribution in [2.24, 2.45) is 0 Å². The molecule has 1 aliphatic rings. The van der Waals surface area contributed by atoms with E-state index in [2.05, 4.69) is 44.9 Å². The second-order valence-corrected chi connectivity index (χ2v) is 8.17. The molecule has 1 fully saturated rings. The third-order valence-corrected chi connectivity index (χ3v) is 4.97. The minimum atomic E-state index is -0.307. The first kappa shape index (κ1) is 20.7. The SMILES string of the molecule is CCOC(=O)/C=C/CC(ON1C(C)(C)CCCC1(C)C)c1ccccc1. The maximum absolute atomic E-state index is 11.6. The van der Waals surface area contributed by atoms with Gasteiger partial charge in [-0.25, -0.2) is 4.79 Å². The summed E-state index contributed by atoms with van der Waals surface area (Å²) in [5.74, 6) is -0.307. The van der Waals surface area contributed by atoms with E-state index in [1.165, 1.54) is 12.5 Å². The van der Waals surface area contributed by atoms with Crippen LogP contribution in [0.4, 0.5) is 0 Å². The molecule has 2 rings (SSSR count). The quantitative estimate of drug-likeness (QED) is 0.495. The van der Waals surface area contributed by atoms with Crippen molar-refractivity contribution in [3.63, 3.8) is 0 Å². The van der Waals surface area contributed by atoms with Crippen LogP contribution in [0.1, 0.15) is 72.0 Å². The number of carbonyl (C=O) groups excluding carboxylic acids is 1. The van der Waals surface area contributed by atoms with Gasteiger partial charge in [0.2, 0.25) is 0 Å². The molecule has 0 radical (unpaired) electrons. The molecule has 0 spiro atoms. The van der Waals surface area contributed by atoms with Crippen LogP contribution in [-0.4, -0.2) is 28.7 Å². The van der Waals surface area contributed by atoms with Gasteiger partial charge in [0.25, 0.3) is 0 Å². The smallest absolute Gasteiger partial charge is 0.330 e. The van der Waals surface area contributed by atoms with Crippen LogP contribution in [0.2, 0.25) is 0 Å². The molecule has 4 heteroatoms. The maximum atomic E-state index is 11.6. The molecule has 0 aromatic heterocycles. The Labute approximate surface area is 158 Å². The zero-order chi connectivity index (χ0) is 19.2. The van der Waals surface area contributed by atoms with Gasteiger partial charge in [0, 0.05) is 17.2 Å². The molecule has 1 aromatic carbocycles. The van der Waals surface area contributed by atoms with E-state index in [9.17, 15) is 4.79 Å². The summed E-state index contributed by atoms with van der Waals surface area (Å²) in [4.78, 5) is 18.2. The number of hydrogen-bond donors (Lipinski definition) is 0. The number of rotatable bonds is 7. The zero-order valence-electron chi connectivity index (χ0n) is 16.8. The molecule has 1 atom stereocenters. The fourth-order valence-corrected chi connectivity index (χ4v) is 3.77. The Morgan fingerprint density at radius 2 is 1.77 bits per heavy atom. The zero-order valence-corrected chi connectivity index (χ0v) is 16.8. The lowest BCUT2D eigenvalue weighted by Gasteiger charge is -2.52. The van der Waals surface area contributed by atoms with Gasteiger partial charge in [-0.3, -0.25) is 4.84 Å². The molecule has 26 heavy (non-hydrogen) atoms. The van der Waals surface area contributed by atoms with Crippen LogP contribution in [0.5, 0.6) is 0 Å². The minimum absolute atomic E-state index is 0.0281. The van der Waals surface area contributed by atoms with Crippen LogP contribution in [-0.2, 0) is 14.4 Å². The van der Waals surface area contributed by atoms with Gasteiger partial charge in [-0.2, -0.15) is 5.06 Å². The monoisotopic (exact) mass is 359 g/mol. The number of ether oxygens (including phenoxy) is 1. The predicted molar refractivity (Wildman–Crippen MR) is 105 cm³/mol. The molecular formula is C22H33NO3. The average Bonchev–Trinajstić information content (AvgIpc) is 2.57. The number of esters is 1. The van der Waals surface area contributed by atoms with Crippen molar-refractivity contribution < 1.29 is 14.4 Å². The minimum Gasteiger partial charge on any atom is -0.463 e. The van der Waals surface area contributed by atoms with Gasteiger partial charge in [0.05, 0.1) is 6.61 Å². The summed E-state index contributed by atoms with van der Waals surface area (Å²) < 4.78 is 4.97. The van der Waals surface area contributed by atoms with E-state index in [0.717, 1.165) is 18.4 Å². The van der Waals surface area contributed by atoms with Crippen LogP contribution in [0.3, 0.4) is 0 Å². The second kappa shape index (κ2) is 8.83. The van der Waals surface area contributed by atoms with Gasteiger partial charge in [0.1, 0.15) is 6.10 Å². The van der Waals surface area contributed by atoms with Crippen LogP contribution in [0.15, 0.2) is 42.5 Å². The molecule has 0 amide bonds. The Morgan fingerprint density at radius 1 is 1.15 bits per heavy atom. The Kier molecular flexibility index (Phi) is 7.01. The van der Waals surface area contributed by atoms with Gasteiger partial charge < -0.3 is 4.74 Å². The van der Waals surface area contributed by atoms with E-state index in [0.29, 0.717) is 13.0 Å². The Hall–Kier alpha value is -1.65. The lowest BCUT2D eigenvalue weighted by molar-refractivity contribution is -0.306. The summed E-state index contributed by atoms with van der Waals surface area (Å²) in [5.41, 5.74) is 1.05. The largest absolute Gasteiger partial charge is 0.463 e. The van der Waals surface area contributed by atoms with Crippen molar-refractivity contribution in [3.8, 4) is 0 Å². The Bertz CT molecular complexity index is 591. The first-order chi connectivity index (χ1) is 12.3. The first-order valence-electron chi connectivity index (χ1n) is 9.61. The van der Waals surface area contributed by atoms with E-state index in [1.807, 2.05) is 31.2 Å². The summed E-state index contributed by atoms with van der Waals surface area (Å²) in [6.45, 7) is 11.2. The van der Waals surface area contributed by atoms with Crippen LogP contribution >= 0.6 is 0 Å².